The molecule has 188 valence electrons. The lowest BCUT2D eigenvalue weighted by Crippen LogP contribution is -2.41. The molecule has 1 amide bonds. The lowest BCUT2D eigenvalue weighted by molar-refractivity contribution is 0.0608. The zero-order chi connectivity index (χ0) is 26.1. The fraction of sp³-hybridized carbons (Fsp3) is 0.273. The summed E-state index contributed by atoms with van der Waals surface area (Å²) in [5.41, 5.74) is 0.614. The lowest BCUT2D eigenvalue weighted by atomic mass is 10.1. The molecule has 1 aromatic heterocycles. The van der Waals surface area contributed by atoms with E-state index in [1.807, 2.05) is 0 Å². The number of aromatic nitrogens is 1. The van der Waals surface area contributed by atoms with Gasteiger partial charge in [-0.2, -0.15) is 0 Å². The molecule has 0 aliphatic carbocycles. The van der Waals surface area contributed by atoms with Gasteiger partial charge in [-0.1, -0.05) is 27.5 Å². The highest BCUT2D eigenvalue weighted by Gasteiger charge is 2.38. The Kier molecular flexibility index (Phi) is 8.09. The number of ether oxygens (including phenoxy) is 1. The number of nitrogens with zero attached hydrogens (tertiary/aromatic N) is 2. The summed E-state index contributed by atoms with van der Waals surface area (Å²) in [6.07, 6.45) is -1.25. The zero-order valence-electron chi connectivity index (χ0n) is 19.0. The van der Waals surface area contributed by atoms with Gasteiger partial charge in [0, 0.05) is 15.4 Å². The molecule has 1 heterocycles. The van der Waals surface area contributed by atoms with Gasteiger partial charge in [0.25, 0.3) is 10.0 Å². The van der Waals surface area contributed by atoms with Gasteiger partial charge in [0.05, 0.1) is 22.3 Å². The second kappa shape index (κ2) is 10.4. The standard InChI is InChI=1S/C22H21BrClF2N3O4S2/c1-12(14-7-13(23)5-6-16(14)25)28-18-9-17(26)19(8-15(18)24)35(31,32)29(20-10-34-11-27-20)21(30)33-22(2,3)4/h5-12,28H,1-4H3/t12-/m0/s1. The number of hydrogen-bond donors (Lipinski definition) is 1. The summed E-state index contributed by atoms with van der Waals surface area (Å²) < 4.78 is 62.3. The number of amides is 1. The number of carbonyl (C=O) groups excluding carboxylic acids is 1. The molecule has 0 saturated heterocycles. The Labute approximate surface area is 219 Å². The van der Waals surface area contributed by atoms with Crippen LogP contribution in [-0.2, 0) is 14.8 Å². The van der Waals surface area contributed by atoms with Crippen LogP contribution in [0.25, 0.3) is 0 Å². The predicted molar refractivity (Wildman–Crippen MR) is 136 cm³/mol. The third-order valence-corrected chi connectivity index (χ3v) is 7.59. The van der Waals surface area contributed by atoms with Crippen molar-refractivity contribution in [1.29, 1.82) is 0 Å². The van der Waals surface area contributed by atoms with E-state index in [1.54, 1.807) is 33.8 Å². The number of nitrogens with one attached hydrogen (secondary N) is 1. The molecule has 0 aliphatic rings. The van der Waals surface area contributed by atoms with Crippen molar-refractivity contribution in [3.8, 4) is 0 Å². The molecule has 3 rings (SSSR count). The fourth-order valence-corrected chi connectivity index (χ4v) is 5.61. The van der Waals surface area contributed by atoms with Crippen LogP contribution in [0, 0.1) is 11.6 Å². The third kappa shape index (κ3) is 6.29. The Morgan fingerprint density at radius 1 is 1.23 bits per heavy atom. The number of rotatable bonds is 6. The maximum absolute atomic E-state index is 15.2. The first kappa shape index (κ1) is 27.3. The average molecular weight is 609 g/mol. The van der Waals surface area contributed by atoms with Crippen LogP contribution in [0.2, 0.25) is 5.02 Å². The van der Waals surface area contributed by atoms with Crippen LogP contribution in [-0.4, -0.2) is 25.1 Å². The molecule has 0 spiro atoms. The van der Waals surface area contributed by atoms with Crippen LogP contribution in [0.4, 0.5) is 25.1 Å². The molecular weight excluding hydrogens is 588 g/mol. The van der Waals surface area contributed by atoms with E-state index in [4.69, 9.17) is 16.3 Å². The SMILES string of the molecule is C[C@H](Nc1cc(F)c(S(=O)(=O)N(C(=O)OC(C)(C)C)c2cscn2)cc1Cl)c1cc(Br)ccc1F. The average Bonchev–Trinajstić information content (AvgIpc) is 3.24. The molecule has 0 bridgehead atoms. The fourth-order valence-electron chi connectivity index (χ4n) is 3.02. The van der Waals surface area contributed by atoms with Crippen LogP contribution >= 0.6 is 38.9 Å². The van der Waals surface area contributed by atoms with Gasteiger partial charge in [0.15, 0.2) is 5.82 Å². The Bertz CT molecular complexity index is 1350. The number of halogens is 4. The quantitative estimate of drug-likeness (QED) is 0.320. The highest BCUT2D eigenvalue weighted by Crippen LogP contribution is 2.34. The van der Waals surface area contributed by atoms with E-state index in [0.29, 0.717) is 4.47 Å². The normalized spacial score (nSPS) is 12.8. The second-order valence-corrected chi connectivity index (χ2v) is 12.2. The largest absolute Gasteiger partial charge is 0.443 e. The summed E-state index contributed by atoms with van der Waals surface area (Å²) in [4.78, 5) is 15.8. The summed E-state index contributed by atoms with van der Waals surface area (Å²) in [6.45, 7) is 6.31. The van der Waals surface area contributed by atoms with Crippen LogP contribution in [0.5, 0.6) is 0 Å². The molecule has 0 aliphatic heterocycles. The Morgan fingerprint density at radius 2 is 1.91 bits per heavy atom. The first-order valence-electron chi connectivity index (χ1n) is 10.1. The van der Waals surface area contributed by atoms with Gasteiger partial charge in [0.2, 0.25) is 0 Å². The number of sulfonamides is 1. The molecule has 35 heavy (non-hydrogen) atoms. The monoisotopic (exact) mass is 607 g/mol. The maximum Gasteiger partial charge on any atom is 0.430 e. The molecule has 0 unspecified atom stereocenters. The van der Waals surface area contributed by atoms with Crippen LogP contribution in [0.1, 0.15) is 39.3 Å². The van der Waals surface area contributed by atoms with Gasteiger partial charge in [-0.25, -0.2) is 27.0 Å². The molecule has 1 atom stereocenters. The predicted octanol–water partition coefficient (Wildman–Crippen LogP) is 7.14. The smallest absolute Gasteiger partial charge is 0.430 e. The van der Waals surface area contributed by atoms with E-state index in [2.05, 4.69) is 26.2 Å². The van der Waals surface area contributed by atoms with Crippen molar-refractivity contribution in [2.75, 3.05) is 9.62 Å². The second-order valence-electron chi connectivity index (χ2n) is 8.39. The highest BCUT2D eigenvalue weighted by molar-refractivity contribution is 9.10. The Hall–Kier alpha value is -2.28. The number of thiazole rings is 1. The first-order chi connectivity index (χ1) is 16.2. The van der Waals surface area contributed by atoms with Gasteiger partial charge in [-0.05, 0) is 58.0 Å². The van der Waals surface area contributed by atoms with Gasteiger partial charge in [-0.15, -0.1) is 15.6 Å². The topological polar surface area (TPSA) is 88.6 Å². The van der Waals surface area contributed by atoms with Gasteiger partial charge in [-0.3, -0.25) is 0 Å². The number of benzene rings is 2. The van der Waals surface area contributed by atoms with Crippen molar-refractivity contribution in [2.24, 2.45) is 0 Å². The van der Waals surface area contributed by atoms with Crippen molar-refractivity contribution in [2.45, 2.75) is 44.2 Å². The maximum atomic E-state index is 15.2. The van der Waals surface area contributed by atoms with Crippen molar-refractivity contribution >= 4 is 66.5 Å². The van der Waals surface area contributed by atoms with E-state index in [0.717, 1.165) is 23.5 Å². The Balaban J connectivity index is 2.00. The number of hydrogen-bond acceptors (Lipinski definition) is 7. The molecule has 7 nitrogen and oxygen atoms in total. The molecule has 3 aromatic rings. The number of anilines is 2. The van der Waals surface area contributed by atoms with E-state index in [-0.39, 0.29) is 26.4 Å². The molecule has 13 heteroatoms. The summed E-state index contributed by atoms with van der Waals surface area (Å²) in [6, 6.07) is 5.48. The van der Waals surface area contributed by atoms with Gasteiger partial charge >= 0.3 is 6.09 Å². The summed E-state index contributed by atoms with van der Waals surface area (Å²) in [5, 5.41) is 4.03. The van der Waals surface area contributed by atoms with Crippen LogP contribution in [0.3, 0.4) is 0 Å². The summed E-state index contributed by atoms with van der Waals surface area (Å²) in [5.74, 6) is -1.91. The summed E-state index contributed by atoms with van der Waals surface area (Å²) in [7, 11) is -4.81. The van der Waals surface area contributed by atoms with E-state index < -0.39 is 44.3 Å². The van der Waals surface area contributed by atoms with Gasteiger partial charge in [0.1, 0.15) is 22.1 Å². The minimum absolute atomic E-state index is 0.0347. The van der Waals surface area contributed by atoms with Crippen molar-refractivity contribution in [3.63, 3.8) is 0 Å². The van der Waals surface area contributed by atoms with Crippen molar-refractivity contribution in [1.82, 2.24) is 4.98 Å². The molecule has 0 radical (unpaired) electrons. The molecular formula is C22H21BrClF2N3O4S2. The van der Waals surface area contributed by atoms with Crippen LogP contribution in [0.15, 0.2) is 50.6 Å². The van der Waals surface area contributed by atoms with E-state index >= 15 is 4.39 Å². The first-order valence-corrected chi connectivity index (χ1v) is 13.6. The summed E-state index contributed by atoms with van der Waals surface area (Å²) >= 11 is 10.6. The third-order valence-electron chi connectivity index (χ3n) is 4.52. The zero-order valence-corrected chi connectivity index (χ0v) is 22.9. The molecule has 0 fully saturated rings. The van der Waals surface area contributed by atoms with E-state index in [9.17, 15) is 17.6 Å². The Morgan fingerprint density at radius 3 is 2.51 bits per heavy atom. The minimum atomic E-state index is -4.81. The van der Waals surface area contributed by atoms with Crippen molar-refractivity contribution < 1.29 is 26.7 Å². The highest BCUT2D eigenvalue weighted by atomic mass is 79.9. The van der Waals surface area contributed by atoms with Crippen molar-refractivity contribution in [3.05, 3.63) is 67.9 Å². The molecule has 2 aromatic carbocycles. The van der Waals surface area contributed by atoms with Gasteiger partial charge < -0.3 is 10.1 Å². The molecule has 1 N–H and O–H groups in total. The van der Waals surface area contributed by atoms with E-state index in [1.165, 1.54) is 23.0 Å². The van der Waals surface area contributed by atoms with Crippen LogP contribution < -0.4 is 9.62 Å². The lowest BCUT2D eigenvalue weighted by Gasteiger charge is -2.26. The minimum Gasteiger partial charge on any atom is -0.443 e. The number of carbonyl (C=O) groups is 1. The molecule has 0 saturated carbocycles.